The molecule has 0 saturated carbocycles. The normalized spacial score (nSPS) is 10.0. The maximum absolute atomic E-state index is 11.4. The highest BCUT2D eigenvalue weighted by Gasteiger charge is 2.14. The van der Waals surface area contributed by atoms with Gasteiger partial charge in [-0.3, -0.25) is 9.59 Å². The zero-order chi connectivity index (χ0) is 18.4. The van der Waals surface area contributed by atoms with E-state index in [1.54, 1.807) is 6.07 Å². The number of carbonyl (C=O) groups excluding carboxylic acids is 2. The number of primary amides is 1. The maximum atomic E-state index is 11.4. The predicted octanol–water partition coefficient (Wildman–Crippen LogP) is 2.31. The molecule has 0 radical (unpaired) electrons. The molecule has 2 amide bonds. The number of rotatable bonds is 4. The smallest absolute Gasteiger partial charge is 0.332 e. The molecule has 5 N–H and O–H groups in total. The fourth-order valence-electron chi connectivity index (χ4n) is 2.44. The summed E-state index contributed by atoms with van der Waals surface area (Å²) < 4.78 is 0. The molecule has 9 nitrogen and oxygen atoms in total. The Morgan fingerprint density at radius 3 is 2.72 bits per heavy atom. The number of nitroso groups, excluding NO2 is 1. The second kappa shape index (κ2) is 7.86. The van der Waals surface area contributed by atoms with Crippen molar-refractivity contribution in [2.75, 3.05) is 11.9 Å². The van der Waals surface area contributed by atoms with Gasteiger partial charge in [0, 0.05) is 23.0 Å². The van der Waals surface area contributed by atoms with E-state index in [1.807, 2.05) is 32.0 Å². The molecule has 0 aliphatic rings. The van der Waals surface area contributed by atoms with Crippen LogP contribution in [0.15, 0.2) is 29.4 Å². The van der Waals surface area contributed by atoms with Crippen molar-refractivity contribution in [1.82, 2.24) is 15.0 Å². The number of nitrogens with zero attached hydrogens (tertiary/aromatic N) is 2. The van der Waals surface area contributed by atoms with E-state index < -0.39 is 5.91 Å². The van der Waals surface area contributed by atoms with E-state index >= 15 is 0 Å². The Morgan fingerprint density at radius 1 is 1.36 bits per heavy atom. The largest absolute Gasteiger partial charge is 0.372 e. The molecular weight excluding hydrogens is 324 g/mol. The number of nitrogens with one attached hydrogen (secondary N) is 3. The summed E-state index contributed by atoms with van der Waals surface area (Å²) in [5, 5.41) is 5.56. The Kier molecular flexibility index (Phi) is 5.62. The average molecular weight is 342 g/mol. The first-order chi connectivity index (χ1) is 12.0. The van der Waals surface area contributed by atoms with Crippen molar-refractivity contribution >= 4 is 29.3 Å². The lowest BCUT2D eigenvalue weighted by molar-refractivity contribution is -0.106. The highest BCUT2D eigenvalue weighted by Crippen LogP contribution is 2.27. The van der Waals surface area contributed by atoms with Crippen molar-refractivity contribution in [1.29, 1.82) is 0 Å². The molecule has 0 fully saturated rings. The first-order valence-corrected chi connectivity index (χ1v) is 7.50. The van der Waals surface area contributed by atoms with Gasteiger partial charge in [0.2, 0.25) is 12.4 Å². The molecule has 9 heteroatoms. The monoisotopic (exact) mass is 342 g/mol. The number of nitrogens with two attached hydrogens (primary N) is 1. The van der Waals surface area contributed by atoms with Crippen LogP contribution >= 0.6 is 0 Å². The number of amides is 2. The number of hydrogen-bond donors (Lipinski definition) is 4. The molecule has 0 unspecified atom stereocenters. The summed E-state index contributed by atoms with van der Waals surface area (Å²) in [6.45, 7) is 4.65. The minimum Gasteiger partial charge on any atom is -0.372 e. The predicted molar refractivity (Wildman–Crippen MR) is 95.2 cm³/mol. The number of H-pyrrole nitrogens is 2. The number of aromatic amines is 2. The molecule has 3 rings (SSSR count). The van der Waals surface area contributed by atoms with Crippen LogP contribution in [0.25, 0.3) is 22.3 Å². The van der Waals surface area contributed by atoms with Crippen LogP contribution in [0.2, 0.25) is 0 Å². The van der Waals surface area contributed by atoms with Gasteiger partial charge in [-0.2, -0.15) is 0 Å². The molecule has 0 atom stereocenters. The lowest BCUT2D eigenvalue weighted by atomic mass is 10.1. The number of fused-ring (bicyclic) bond motifs is 1. The van der Waals surface area contributed by atoms with E-state index in [0.29, 0.717) is 0 Å². The standard InChI is InChI=1S/C15H15N5O2.CH3NO/c1-3-16-15-18-10-5-4-9(7-11(10)19-15)13-8(2)6-12(17-13)14(21)20-22;2-1-3/h4-7,17H,3H2,1-2H3,(H2,16,18,19);1H,(H2,2,3). The summed E-state index contributed by atoms with van der Waals surface area (Å²) in [6, 6.07) is 7.40. The van der Waals surface area contributed by atoms with Crippen molar-refractivity contribution in [2.24, 2.45) is 10.9 Å². The highest BCUT2D eigenvalue weighted by atomic mass is 16.3. The number of aromatic nitrogens is 3. The Balaban J connectivity index is 0.000000701. The number of imidazole rings is 1. The fraction of sp³-hybridized carbons (Fsp3) is 0.188. The third kappa shape index (κ3) is 3.89. The van der Waals surface area contributed by atoms with Crippen molar-refractivity contribution < 1.29 is 9.59 Å². The van der Waals surface area contributed by atoms with Crippen LogP contribution < -0.4 is 11.1 Å². The van der Waals surface area contributed by atoms with Crippen LogP contribution in [0.4, 0.5) is 5.95 Å². The van der Waals surface area contributed by atoms with Crippen LogP contribution in [0.1, 0.15) is 23.0 Å². The van der Waals surface area contributed by atoms with Gasteiger partial charge in [-0.15, -0.1) is 4.91 Å². The van der Waals surface area contributed by atoms with Crippen LogP contribution in [-0.2, 0) is 4.79 Å². The second-order valence-electron chi connectivity index (χ2n) is 5.12. The summed E-state index contributed by atoms with van der Waals surface area (Å²) in [6.07, 6.45) is 0.250. The summed E-state index contributed by atoms with van der Waals surface area (Å²) in [5.41, 5.74) is 8.67. The molecule has 0 aliphatic carbocycles. The minimum atomic E-state index is -0.800. The molecule has 0 aliphatic heterocycles. The Morgan fingerprint density at radius 2 is 2.08 bits per heavy atom. The SMILES string of the molecule is CCNc1nc2ccc(-c3[nH]c(C(=O)N=O)cc3C)cc2[nH]1.NC=O. The Labute approximate surface area is 143 Å². The molecule has 2 aromatic heterocycles. The number of aryl methyl sites for hydroxylation is 1. The molecule has 2 heterocycles. The van der Waals surface area contributed by atoms with Crippen molar-refractivity contribution in [3.63, 3.8) is 0 Å². The second-order valence-corrected chi connectivity index (χ2v) is 5.12. The van der Waals surface area contributed by atoms with Crippen molar-refractivity contribution in [3.8, 4) is 11.3 Å². The van der Waals surface area contributed by atoms with Gasteiger partial charge in [-0.1, -0.05) is 6.07 Å². The van der Waals surface area contributed by atoms with E-state index in [0.717, 1.165) is 40.3 Å². The summed E-state index contributed by atoms with van der Waals surface area (Å²) in [4.78, 5) is 40.9. The number of benzene rings is 1. The summed E-state index contributed by atoms with van der Waals surface area (Å²) in [7, 11) is 0. The zero-order valence-corrected chi connectivity index (χ0v) is 13.8. The van der Waals surface area contributed by atoms with Crippen molar-refractivity contribution in [3.05, 3.63) is 40.4 Å². The number of anilines is 1. The van der Waals surface area contributed by atoms with Crippen molar-refractivity contribution in [2.45, 2.75) is 13.8 Å². The third-order valence-electron chi connectivity index (χ3n) is 3.44. The zero-order valence-electron chi connectivity index (χ0n) is 13.8. The van der Waals surface area contributed by atoms with Gasteiger partial charge in [-0.05, 0) is 37.6 Å². The molecule has 3 aromatic rings. The molecule has 1 aromatic carbocycles. The van der Waals surface area contributed by atoms with Crippen LogP contribution in [0, 0.1) is 11.8 Å². The lowest BCUT2D eigenvalue weighted by Gasteiger charge is -2.00. The first kappa shape index (κ1) is 17.9. The molecule has 130 valence electrons. The molecule has 0 spiro atoms. The molecule has 0 bridgehead atoms. The van der Waals surface area contributed by atoms with E-state index in [9.17, 15) is 9.70 Å². The molecular formula is C16H18N6O3. The lowest BCUT2D eigenvalue weighted by Crippen LogP contribution is -1.97. The van der Waals surface area contributed by atoms with Crippen LogP contribution in [-0.4, -0.2) is 33.8 Å². The first-order valence-electron chi connectivity index (χ1n) is 7.50. The Hall–Kier alpha value is -3.49. The maximum Gasteiger partial charge on any atom is 0.332 e. The van der Waals surface area contributed by atoms with E-state index in [1.165, 1.54) is 0 Å². The van der Waals surface area contributed by atoms with Gasteiger partial charge in [-0.25, -0.2) is 4.98 Å². The van der Waals surface area contributed by atoms with Gasteiger partial charge < -0.3 is 21.0 Å². The van der Waals surface area contributed by atoms with Gasteiger partial charge in [0.05, 0.1) is 11.0 Å². The molecule has 25 heavy (non-hydrogen) atoms. The summed E-state index contributed by atoms with van der Waals surface area (Å²) in [5.74, 6) is -0.0784. The van der Waals surface area contributed by atoms with E-state index in [-0.39, 0.29) is 12.1 Å². The van der Waals surface area contributed by atoms with Gasteiger partial charge in [0.15, 0.2) is 0 Å². The molecule has 0 saturated heterocycles. The topological polar surface area (TPSA) is 146 Å². The highest BCUT2D eigenvalue weighted by molar-refractivity contribution is 5.94. The van der Waals surface area contributed by atoms with Gasteiger partial charge >= 0.3 is 5.91 Å². The fourth-order valence-corrected chi connectivity index (χ4v) is 2.44. The number of carbonyl (C=O) groups is 2. The summed E-state index contributed by atoms with van der Waals surface area (Å²) >= 11 is 0. The van der Waals surface area contributed by atoms with Gasteiger partial charge in [0.25, 0.3) is 0 Å². The van der Waals surface area contributed by atoms with Gasteiger partial charge in [0.1, 0.15) is 5.69 Å². The number of hydrogen-bond acceptors (Lipinski definition) is 5. The minimum absolute atomic E-state index is 0.195. The van der Waals surface area contributed by atoms with E-state index in [4.69, 9.17) is 4.79 Å². The van der Waals surface area contributed by atoms with Crippen LogP contribution in [0.3, 0.4) is 0 Å². The van der Waals surface area contributed by atoms with E-state index in [2.05, 4.69) is 31.2 Å². The third-order valence-corrected chi connectivity index (χ3v) is 3.44. The average Bonchev–Trinajstić information content (AvgIpc) is 3.17. The quantitative estimate of drug-likeness (QED) is 0.424. The Bertz CT molecular complexity index is 912. The van der Waals surface area contributed by atoms with Crippen LogP contribution in [0.5, 0.6) is 0 Å².